The lowest BCUT2D eigenvalue weighted by molar-refractivity contribution is -0.129. The molecule has 1 aromatic rings. The van der Waals surface area contributed by atoms with Crippen molar-refractivity contribution < 1.29 is 9.18 Å². The van der Waals surface area contributed by atoms with Crippen molar-refractivity contribution in [3.63, 3.8) is 0 Å². The molecule has 0 bridgehead atoms. The van der Waals surface area contributed by atoms with E-state index in [2.05, 4.69) is 9.97 Å². The van der Waals surface area contributed by atoms with E-state index in [4.69, 9.17) is 0 Å². The molecule has 0 N–H and O–H groups in total. The minimum absolute atomic E-state index is 0.239. The monoisotopic (exact) mass is 236 g/mol. The van der Waals surface area contributed by atoms with Crippen molar-refractivity contribution in [1.29, 1.82) is 0 Å². The Kier molecular flexibility index (Phi) is 2.42. The smallest absolute Gasteiger partial charge is 0.223 e. The van der Waals surface area contributed by atoms with E-state index in [-0.39, 0.29) is 11.9 Å². The molecule has 1 atom stereocenters. The fourth-order valence-corrected chi connectivity index (χ4v) is 2.57. The summed E-state index contributed by atoms with van der Waals surface area (Å²) in [5.41, 5.74) is 0. The van der Waals surface area contributed by atoms with Gasteiger partial charge in [0.15, 0.2) is 0 Å². The summed E-state index contributed by atoms with van der Waals surface area (Å²) in [6, 6.07) is 1.60. The first kappa shape index (κ1) is 10.4. The van der Waals surface area contributed by atoms with Gasteiger partial charge in [0, 0.05) is 38.2 Å². The summed E-state index contributed by atoms with van der Waals surface area (Å²) < 4.78 is 13.0. The number of rotatable bonds is 1. The summed E-state index contributed by atoms with van der Waals surface area (Å²) in [6.45, 7) is 2.15. The minimum atomic E-state index is -0.514. The maximum absolute atomic E-state index is 13.0. The van der Waals surface area contributed by atoms with Gasteiger partial charge in [-0.1, -0.05) is 0 Å². The Morgan fingerprint density at radius 3 is 3.06 bits per heavy atom. The first-order valence-corrected chi connectivity index (χ1v) is 5.76. The molecular formula is C11H13FN4O. The number of aromatic nitrogens is 2. The lowest BCUT2D eigenvalue weighted by Gasteiger charge is -2.38. The quantitative estimate of drug-likeness (QED) is 0.663. The van der Waals surface area contributed by atoms with Crippen LogP contribution in [0.25, 0.3) is 0 Å². The van der Waals surface area contributed by atoms with E-state index in [1.54, 1.807) is 0 Å². The lowest BCUT2D eigenvalue weighted by Crippen LogP contribution is -2.51. The summed E-state index contributed by atoms with van der Waals surface area (Å²) in [7, 11) is 0. The Bertz CT molecular complexity index is 453. The molecule has 5 nitrogen and oxygen atoms in total. The number of amides is 1. The third-order valence-corrected chi connectivity index (χ3v) is 3.44. The van der Waals surface area contributed by atoms with Crippen LogP contribution in [0.4, 0.5) is 10.2 Å². The zero-order valence-corrected chi connectivity index (χ0v) is 9.34. The van der Waals surface area contributed by atoms with Gasteiger partial charge in [0.25, 0.3) is 0 Å². The van der Waals surface area contributed by atoms with Crippen molar-refractivity contribution in [2.24, 2.45) is 0 Å². The molecule has 0 spiro atoms. The van der Waals surface area contributed by atoms with Gasteiger partial charge in [0.1, 0.15) is 12.1 Å². The summed E-state index contributed by atoms with van der Waals surface area (Å²) in [4.78, 5) is 23.0. The van der Waals surface area contributed by atoms with E-state index in [9.17, 15) is 9.18 Å². The number of hydrogen-bond acceptors (Lipinski definition) is 4. The van der Waals surface area contributed by atoms with Crippen LogP contribution in [0.15, 0.2) is 12.4 Å². The van der Waals surface area contributed by atoms with Crippen molar-refractivity contribution in [1.82, 2.24) is 14.9 Å². The molecule has 0 radical (unpaired) electrons. The molecule has 3 rings (SSSR count). The Labute approximate surface area is 98.3 Å². The van der Waals surface area contributed by atoms with E-state index in [0.717, 1.165) is 13.0 Å². The lowest BCUT2D eigenvalue weighted by atomic mass is 10.1. The largest absolute Gasteiger partial charge is 0.353 e. The molecule has 1 unspecified atom stereocenters. The van der Waals surface area contributed by atoms with Gasteiger partial charge in [-0.15, -0.1) is 0 Å². The van der Waals surface area contributed by atoms with Gasteiger partial charge in [-0.3, -0.25) is 4.79 Å². The Morgan fingerprint density at radius 1 is 1.35 bits per heavy atom. The van der Waals surface area contributed by atoms with Crippen LogP contribution in [0, 0.1) is 5.95 Å². The van der Waals surface area contributed by atoms with Crippen LogP contribution in [-0.4, -0.2) is 46.5 Å². The molecule has 3 heterocycles. The first-order valence-electron chi connectivity index (χ1n) is 5.76. The van der Waals surface area contributed by atoms with E-state index in [1.165, 1.54) is 12.4 Å². The zero-order valence-electron chi connectivity index (χ0n) is 9.34. The number of piperazine rings is 1. The molecule has 2 aliphatic rings. The van der Waals surface area contributed by atoms with Crippen LogP contribution >= 0.6 is 0 Å². The van der Waals surface area contributed by atoms with Crippen LogP contribution in [0.2, 0.25) is 0 Å². The van der Waals surface area contributed by atoms with Crippen molar-refractivity contribution >= 4 is 11.7 Å². The standard InChI is InChI=1S/C11H13FN4O/c12-9-5-10(14-7-13-9)15-3-4-16-8(6-15)1-2-11(16)17/h5,7-8H,1-4,6H2. The van der Waals surface area contributed by atoms with Gasteiger partial charge in [0.2, 0.25) is 11.9 Å². The number of hydrogen-bond donors (Lipinski definition) is 0. The molecule has 2 fully saturated rings. The average Bonchev–Trinajstić information content (AvgIpc) is 2.71. The second-order valence-corrected chi connectivity index (χ2v) is 4.42. The van der Waals surface area contributed by atoms with Gasteiger partial charge >= 0.3 is 0 Å². The predicted octanol–water partition coefficient (Wildman–Crippen LogP) is 0.427. The second-order valence-electron chi connectivity index (χ2n) is 4.42. The van der Waals surface area contributed by atoms with Crippen LogP contribution in [-0.2, 0) is 4.79 Å². The van der Waals surface area contributed by atoms with Gasteiger partial charge in [0.05, 0.1) is 0 Å². The van der Waals surface area contributed by atoms with Crippen molar-refractivity contribution in [2.45, 2.75) is 18.9 Å². The summed E-state index contributed by atoms with van der Waals surface area (Å²) in [5.74, 6) is 0.333. The molecule has 90 valence electrons. The molecule has 17 heavy (non-hydrogen) atoms. The van der Waals surface area contributed by atoms with Crippen molar-refractivity contribution in [3.05, 3.63) is 18.3 Å². The molecule has 2 saturated heterocycles. The molecule has 2 aliphatic heterocycles. The number of fused-ring (bicyclic) bond motifs is 1. The highest BCUT2D eigenvalue weighted by Gasteiger charge is 2.35. The van der Waals surface area contributed by atoms with E-state index in [0.29, 0.717) is 25.3 Å². The van der Waals surface area contributed by atoms with Crippen LogP contribution in [0.1, 0.15) is 12.8 Å². The normalized spacial score (nSPS) is 24.1. The van der Waals surface area contributed by atoms with Crippen LogP contribution in [0.3, 0.4) is 0 Å². The Hall–Kier alpha value is -1.72. The molecule has 0 aliphatic carbocycles. The number of carbonyl (C=O) groups is 1. The van der Waals surface area contributed by atoms with Crippen LogP contribution in [0.5, 0.6) is 0 Å². The maximum atomic E-state index is 13.0. The third kappa shape index (κ3) is 1.83. The molecule has 0 aromatic carbocycles. The number of nitrogens with zero attached hydrogens (tertiary/aromatic N) is 4. The molecule has 6 heteroatoms. The molecule has 1 amide bonds. The third-order valence-electron chi connectivity index (χ3n) is 3.44. The zero-order chi connectivity index (χ0) is 11.8. The van der Waals surface area contributed by atoms with Crippen LogP contribution < -0.4 is 4.90 Å². The molecular weight excluding hydrogens is 223 g/mol. The van der Waals surface area contributed by atoms with Crippen molar-refractivity contribution in [2.75, 3.05) is 24.5 Å². The van der Waals surface area contributed by atoms with Crippen molar-refractivity contribution in [3.8, 4) is 0 Å². The Morgan fingerprint density at radius 2 is 2.24 bits per heavy atom. The highest BCUT2D eigenvalue weighted by atomic mass is 19.1. The minimum Gasteiger partial charge on any atom is -0.353 e. The fourth-order valence-electron chi connectivity index (χ4n) is 2.57. The summed E-state index contributed by atoms with van der Waals surface area (Å²) >= 11 is 0. The summed E-state index contributed by atoms with van der Waals surface area (Å²) in [5, 5.41) is 0. The Balaban J connectivity index is 1.77. The van der Waals surface area contributed by atoms with E-state index >= 15 is 0 Å². The summed E-state index contributed by atoms with van der Waals surface area (Å²) in [6.07, 6.45) is 2.76. The first-order chi connectivity index (χ1) is 8.24. The second kappa shape index (κ2) is 3.94. The average molecular weight is 236 g/mol. The van der Waals surface area contributed by atoms with Gasteiger partial charge in [-0.2, -0.15) is 4.39 Å². The predicted molar refractivity (Wildman–Crippen MR) is 58.9 cm³/mol. The van der Waals surface area contributed by atoms with E-state index in [1.807, 2.05) is 9.80 Å². The highest BCUT2D eigenvalue weighted by molar-refractivity contribution is 5.79. The molecule has 0 saturated carbocycles. The van der Waals surface area contributed by atoms with Gasteiger partial charge in [-0.25, -0.2) is 9.97 Å². The van der Waals surface area contributed by atoms with E-state index < -0.39 is 5.95 Å². The van der Waals surface area contributed by atoms with Gasteiger partial charge < -0.3 is 9.80 Å². The number of halogens is 1. The topological polar surface area (TPSA) is 49.3 Å². The molecule has 1 aromatic heterocycles. The fraction of sp³-hybridized carbons (Fsp3) is 0.545. The SMILES string of the molecule is O=C1CCC2CN(c3cc(F)ncn3)CCN12. The maximum Gasteiger partial charge on any atom is 0.223 e. The number of anilines is 1. The van der Waals surface area contributed by atoms with Gasteiger partial charge in [-0.05, 0) is 6.42 Å². The highest BCUT2D eigenvalue weighted by Crippen LogP contribution is 2.25. The number of carbonyl (C=O) groups excluding carboxylic acids is 1.